The van der Waals surface area contributed by atoms with Crippen molar-refractivity contribution in [3.63, 3.8) is 0 Å². The molecule has 2 aromatic carbocycles. The molecule has 1 unspecified atom stereocenters. The van der Waals surface area contributed by atoms with Crippen molar-refractivity contribution >= 4 is 22.5 Å². The van der Waals surface area contributed by atoms with Gasteiger partial charge in [-0.05, 0) is 24.1 Å². The number of nitrogens with zero attached hydrogens (tertiary/aromatic N) is 1. The number of rotatable bonds is 3. The summed E-state index contributed by atoms with van der Waals surface area (Å²) >= 11 is 0. The second kappa shape index (κ2) is 5.92. The molecule has 0 spiro atoms. The molecular formula is C16H13NO5S. The summed E-state index contributed by atoms with van der Waals surface area (Å²) in [4.78, 5) is 23.6. The van der Waals surface area contributed by atoms with Gasteiger partial charge in [-0.1, -0.05) is 18.2 Å². The highest BCUT2D eigenvalue weighted by atomic mass is 32.2. The Labute approximate surface area is 134 Å². The number of benzene rings is 2. The first-order chi connectivity index (χ1) is 11.0. The van der Waals surface area contributed by atoms with Crippen LogP contribution < -0.4 is 0 Å². The molecule has 0 radical (unpaired) electrons. The van der Waals surface area contributed by atoms with Gasteiger partial charge in [0.15, 0.2) is 0 Å². The third kappa shape index (κ3) is 2.63. The van der Waals surface area contributed by atoms with Crippen LogP contribution in [0.15, 0.2) is 46.2 Å². The third-order valence-corrected chi connectivity index (χ3v) is 5.20. The van der Waals surface area contributed by atoms with Crippen molar-refractivity contribution in [3.8, 4) is 0 Å². The number of nitro groups is 1. The number of nitro benzene ring substituents is 1. The molecular weight excluding hydrogens is 318 g/mol. The van der Waals surface area contributed by atoms with Crippen LogP contribution in [-0.4, -0.2) is 21.7 Å². The van der Waals surface area contributed by atoms with Crippen LogP contribution in [0.1, 0.15) is 28.4 Å². The zero-order chi connectivity index (χ0) is 16.6. The summed E-state index contributed by atoms with van der Waals surface area (Å²) in [6, 6.07) is 9.65. The van der Waals surface area contributed by atoms with E-state index in [-0.39, 0.29) is 17.9 Å². The van der Waals surface area contributed by atoms with Crippen LogP contribution in [0.25, 0.3) is 0 Å². The molecule has 1 aliphatic heterocycles. The largest absolute Gasteiger partial charge is 0.462 e. The lowest BCUT2D eigenvalue weighted by Crippen LogP contribution is -2.16. The summed E-state index contributed by atoms with van der Waals surface area (Å²) in [5.41, 5.74) is 1.22. The summed E-state index contributed by atoms with van der Waals surface area (Å²) in [5, 5.41) is 11.1. The fourth-order valence-electron chi connectivity index (χ4n) is 2.61. The van der Waals surface area contributed by atoms with E-state index < -0.39 is 21.7 Å². The highest BCUT2D eigenvalue weighted by Crippen LogP contribution is 2.36. The lowest BCUT2D eigenvalue weighted by Gasteiger charge is -2.20. The minimum Gasteiger partial charge on any atom is -0.462 e. The maximum atomic E-state index is 12.8. The van der Waals surface area contributed by atoms with E-state index in [1.54, 1.807) is 19.1 Å². The number of ether oxygens (including phenoxy) is 1. The third-order valence-electron chi connectivity index (χ3n) is 3.64. The Morgan fingerprint density at radius 3 is 2.74 bits per heavy atom. The molecule has 3 rings (SSSR count). The monoisotopic (exact) mass is 331 g/mol. The van der Waals surface area contributed by atoms with Gasteiger partial charge < -0.3 is 4.74 Å². The second-order valence-corrected chi connectivity index (χ2v) is 6.42. The van der Waals surface area contributed by atoms with Crippen LogP contribution in [0.4, 0.5) is 5.69 Å². The molecule has 6 nitrogen and oxygen atoms in total. The Bertz CT molecular complexity index is 846. The van der Waals surface area contributed by atoms with Crippen molar-refractivity contribution in [2.24, 2.45) is 0 Å². The van der Waals surface area contributed by atoms with E-state index in [4.69, 9.17) is 4.74 Å². The van der Waals surface area contributed by atoms with Crippen molar-refractivity contribution in [2.75, 3.05) is 6.61 Å². The molecule has 0 saturated carbocycles. The van der Waals surface area contributed by atoms with Crippen molar-refractivity contribution in [3.05, 3.63) is 63.2 Å². The molecule has 1 atom stereocenters. The highest BCUT2D eigenvalue weighted by molar-refractivity contribution is 7.85. The Kier molecular flexibility index (Phi) is 3.96. The fourth-order valence-corrected chi connectivity index (χ4v) is 4.07. The van der Waals surface area contributed by atoms with E-state index in [1.807, 2.05) is 12.1 Å². The van der Waals surface area contributed by atoms with Crippen LogP contribution >= 0.6 is 0 Å². The van der Waals surface area contributed by atoms with Gasteiger partial charge in [0.05, 0.1) is 32.8 Å². The predicted molar refractivity (Wildman–Crippen MR) is 83.0 cm³/mol. The standard InChI is InChI=1S/C16H13NO5S/c1-2-22-16(18)13-8-11(17(19)20)9-15-12(13)7-10-5-3-4-6-14(10)23(15)21/h3-6,8-9H,2,7H2,1H3. The summed E-state index contributed by atoms with van der Waals surface area (Å²) in [6.07, 6.45) is 0.392. The number of fused-ring (bicyclic) bond motifs is 2. The molecule has 0 amide bonds. The molecule has 0 bridgehead atoms. The first-order valence-corrected chi connectivity index (χ1v) is 8.16. The molecule has 1 heterocycles. The first-order valence-electron chi connectivity index (χ1n) is 7.01. The Balaban J connectivity index is 2.23. The summed E-state index contributed by atoms with van der Waals surface area (Å²) < 4.78 is 17.7. The van der Waals surface area contributed by atoms with E-state index in [1.165, 1.54) is 12.1 Å². The highest BCUT2D eigenvalue weighted by Gasteiger charge is 2.29. The normalized spacial score (nSPS) is 15.4. The number of carbonyl (C=O) groups excluding carboxylic acids is 1. The maximum absolute atomic E-state index is 12.8. The number of hydrogen-bond donors (Lipinski definition) is 0. The summed E-state index contributed by atoms with van der Waals surface area (Å²) in [7, 11) is -1.56. The molecule has 0 fully saturated rings. The molecule has 2 aromatic rings. The summed E-state index contributed by atoms with van der Waals surface area (Å²) in [6.45, 7) is 1.82. The minimum absolute atomic E-state index is 0.110. The Morgan fingerprint density at radius 1 is 1.30 bits per heavy atom. The molecule has 0 aliphatic carbocycles. The van der Waals surface area contributed by atoms with Crippen LogP contribution in [0.2, 0.25) is 0 Å². The molecule has 0 N–H and O–H groups in total. The van der Waals surface area contributed by atoms with Crippen LogP contribution in [0.3, 0.4) is 0 Å². The number of carbonyl (C=O) groups is 1. The lowest BCUT2D eigenvalue weighted by molar-refractivity contribution is -0.385. The van der Waals surface area contributed by atoms with Gasteiger partial charge in [0, 0.05) is 23.4 Å². The minimum atomic E-state index is -1.56. The van der Waals surface area contributed by atoms with Gasteiger partial charge in [-0.15, -0.1) is 0 Å². The molecule has 118 valence electrons. The van der Waals surface area contributed by atoms with Crippen molar-refractivity contribution in [2.45, 2.75) is 23.1 Å². The van der Waals surface area contributed by atoms with E-state index in [9.17, 15) is 19.1 Å². The first kappa shape index (κ1) is 15.4. The van der Waals surface area contributed by atoms with E-state index >= 15 is 0 Å². The maximum Gasteiger partial charge on any atom is 0.338 e. The predicted octanol–water partition coefficient (Wildman–Crippen LogP) is 2.84. The van der Waals surface area contributed by atoms with E-state index in [0.29, 0.717) is 21.8 Å². The van der Waals surface area contributed by atoms with Crippen LogP contribution in [-0.2, 0) is 22.0 Å². The van der Waals surface area contributed by atoms with E-state index in [2.05, 4.69) is 0 Å². The quantitative estimate of drug-likeness (QED) is 0.418. The lowest BCUT2D eigenvalue weighted by atomic mass is 9.98. The Morgan fingerprint density at radius 2 is 2.04 bits per heavy atom. The van der Waals surface area contributed by atoms with E-state index in [0.717, 1.165) is 5.56 Å². The number of esters is 1. The van der Waals surface area contributed by atoms with Crippen molar-refractivity contribution < 1.29 is 18.7 Å². The zero-order valence-electron chi connectivity index (χ0n) is 12.3. The van der Waals surface area contributed by atoms with Gasteiger partial charge in [0.25, 0.3) is 5.69 Å². The van der Waals surface area contributed by atoms with Gasteiger partial charge in [0.2, 0.25) is 0 Å². The molecule has 1 aliphatic rings. The number of non-ortho nitro benzene ring substituents is 1. The van der Waals surface area contributed by atoms with Gasteiger partial charge in [-0.3, -0.25) is 10.1 Å². The SMILES string of the molecule is CCOC(=O)c1cc([N+](=O)[O-])cc2c1Cc1ccccc1S2=O. The summed E-state index contributed by atoms with van der Waals surface area (Å²) in [5.74, 6) is -0.635. The topological polar surface area (TPSA) is 86.5 Å². The van der Waals surface area contributed by atoms with Crippen molar-refractivity contribution in [1.29, 1.82) is 0 Å². The van der Waals surface area contributed by atoms with Gasteiger partial charge in [0.1, 0.15) is 0 Å². The van der Waals surface area contributed by atoms with Gasteiger partial charge in [-0.2, -0.15) is 0 Å². The fraction of sp³-hybridized carbons (Fsp3) is 0.188. The average Bonchev–Trinajstić information content (AvgIpc) is 2.54. The van der Waals surface area contributed by atoms with Crippen LogP contribution in [0, 0.1) is 10.1 Å². The Hall–Kier alpha value is -2.54. The average molecular weight is 331 g/mol. The van der Waals surface area contributed by atoms with Crippen molar-refractivity contribution in [1.82, 2.24) is 0 Å². The second-order valence-electron chi connectivity index (χ2n) is 5.00. The smallest absolute Gasteiger partial charge is 0.338 e. The zero-order valence-corrected chi connectivity index (χ0v) is 13.1. The van der Waals surface area contributed by atoms with Gasteiger partial charge in [-0.25, -0.2) is 9.00 Å². The molecule has 7 heteroatoms. The molecule has 0 saturated heterocycles. The van der Waals surface area contributed by atoms with Crippen LogP contribution in [0.5, 0.6) is 0 Å². The van der Waals surface area contributed by atoms with Gasteiger partial charge >= 0.3 is 5.97 Å². The molecule has 0 aromatic heterocycles. The number of hydrogen-bond acceptors (Lipinski definition) is 5. The molecule has 23 heavy (non-hydrogen) atoms.